The largest absolute Gasteiger partial charge is 0.236 e. The van der Waals surface area contributed by atoms with Crippen molar-refractivity contribution in [2.75, 3.05) is 0 Å². The van der Waals surface area contributed by atoms with Gasteiger partial charge in [0.15, 0.2) is 5.15 Å². The Morgan fingerprint density at radius 3 is 2.17 bits per heavy atom. The number of nitrogens with zero attached hydrogens (tertiary/aromatic N) is 3. The Kier molecular flexibility index (Phi) is 4.43. The SMILES string of the molecule is Cc1nnc(Cl)c(-c2c(F)cc(F)cc2F)c1-c1cccc(Cl)n1. The minimum Gasteiger partial charge on any atom is -0.236 e. The number of halogens is 5. The van der Waals surface area contributed by atoms with Crippen molar-refractivity contribution in [1.82, 2.24) is 15.2 Å². The minimum absolute atomic E-state index is 0.0612. The first-order chi connectivity index (χ1) is 11.4. The van der Waals surface area contributed by atoms with Gasteiger partial charge in [-0.3, -0.25) is 0 Å². The van der Waals surface area contributed by atoms with Crippen molar-refractivity contribution in [2.24, 2.45) is 0 Å². The summed E-state index contributed by atoms with van der Waals surface area (Å²) in [5.74, 6) is -3.25. The van der Waals surface area contributed by atoms with Crippen LogP contribution in [0, 0.1) is 24.4 Å². The van der Waals surface area contributed by atoms with Crippen LogP contribution < -0.4 is 0 Å². The molecule has 0 atom stereocenters. The van der Waals surface area contributed by atoms with Gasteiger partial charge in [-0.1, -0.05) is 29.3 Å². The van der Waals surface area contributed by atoms with Crippen molar-refractivity contribution in [1.29, 1.82) is 0 Å². The molecule has 3 aromatic rings. The average molecular weight is 370 g/mol. The lowest BCUT2D eigenvalue weighted by atomic mass is 9.97. The number of hydrogen-bond donors (Lipinski definition) is 0. The van der Waals surface area contributed by atoms with Crippen LogP contribution in [0.25, 0.3) is 22.4 Å². The van der Waals surface area contributed by atoms with Crippen LogP contribution >= 0.6 is 23.2 Å². The number of rotatable bonds is 2. The van der Waals surface area contributed by atoms with Crippen LogP contribution in [0.2, 0.25) is 10.3 Å². The summed E-state index contributed by atoms with van der Waals surface area (Å²) in [7, 11) is 0. The third-order valence-corrected chi connectivity index (χ3v) is 3.81. The van der Waals surface area contributed by atoms with Crippen LogP contribution in [0.15, 0.2) is 30.3 Å². The second-order valence-electron chi connectivity index (χ2n) is 4.92. The second-order valence-corrected chi connectivity index (χ2v) is 5.66. The van der Waals surface area contributed by atoms with E-state index in [1.807, 2.05) is 0 Å². The molecule has 0 amide bonds. The predicted molar refractivity (Wildman–Crippen MR) is 85.3 cm³/mol. The molecule has 3 nitrogen and oxygen atoms in total. The van der Waals surface area contributed by atoms with Gasteiger partial charge in [0.05, 0.1) is 17.0 Å². The molecule has 0 radical (unpaired) electrons. The zero-order valence-corrected chi connectivity index (χ0v) is 13.6. The molecule has 1 aromatic carbocycles. The first-order valence-corrected chi connectivity index (χ1v) is 7.44. The van der Waals surface area contributed by atoms with E-state index in [0.717, 1.165) is 0 Å². The minimum atomic E-state index is -1.11. The van der Waals surface area contributed by atoms with E-state index in [1.54, 1.807) is 25.1 Å². The highest BCUT2D eigenvalue weighted by Crippen LogP contribution is 2.40. The van der Waals surface area contributed by atoms with E-state index in [-0.39, 0.29) is 21.4 Å². The van der Waals surface area contributed by atoms with Crippen molar-refractivity contribution >= 4 is 23.2 Å². The maximum absolute atomic E-state index is 14.3. The Bertz CT molecular complexity index is 925. The fraction of sp³-hybridized carbons (Fsp3) is 0.0625. The maximum atomic E-state index is 14.3. The van der Waals surface area contributed by atoms with E-state index < -0.39 is 23.0 Å². The lowest BCUT2D eigenvalue weighted by Crippen LogP contribution is -2.02. The number of pyridine rings is 1. The molecule has 24 heavy (non-hydrogen) atoms. The zero-order valence-electron chi connectivity index (χ0n) is 12.1. The molecular weight excluding hydrogens is 362 g/mol. The fourth-order valence-corrected chi connectivity index (χ4v) is 2.76. The van der Waals surface area contributed by atoms with Crippen LogP contribution in [0.5, 0.6) is 0 Å². The van der Waals surface area contributed by atoms with Gasteiger partial charge in [0.25, 0.3) is 0 Å². The Morgan fingerprint density at radius 1 is 0.875 bits per heavy atom. The van der Waals surface area contributed by atoms with Gasteiger partial charge in [0.1, 0.15) is 22.6 Å². The quantitative estimate of drug-likeness (QED) is 0.580. The highest BCUT2D eigenvalue weighted by molar-refractivity contribution is 6.33. The molecule has 0 fully saturated rings. The van der Waals surface area contributed by atoms with Crippen molar-refractivity contribution in [3.8, 4) is 22.4 Å². The molecule has 0 spiro atoms. The van der Waals surface area contributed by atoms with Crippen LogP contribution in [0.4, 0.5) is 13.2 Å². The Labute approximate surface area is 145 Å². The summed E-state index contributed by atoms with van der Waals surface area (Å²) < 4.78 is 41.7. The highest BCUT2D eigenvalue weighted by atomic mass is 35.5. The highest BCUT2D eigenvalue weighted by Gasteiger charge is 2.24. The summed E-state index contributed by atoms with van der Waals surface area (Å²) in [6, 6.07) is 5.91. The van der Waals surface area contributed by atoms with Crippen molar-refractivity contribution < 1.29 is 13.2 Å². The van der Waals surface area contributed by atoms with Crippen LogP contribution in [0.3, 0.4) is 0 Å². The zero-order chi connectivity index (χ0) is 17.4. The van der Waals surface area contributed by atoms with Crippen LogP contribution in [-0.4, -0.2) is 15.2 Å². The molecule has 0 saturated heterocycles. The van der Waals surface area contributed by atoms with E-state index in [9.17, 15) is 13.2 Å². The Balaban J connectivity index is 2.40. The third-order valence-electron chi connectivity index (χ3n) is 3.33. The van der Waals surface area contributed by atoms with Gasteiger partial charge >= 0.3 is 0 Å². The van der Waals surface area contributed by atoms with Gasteiger partial charge in [0.2, 0.25) is 0 Å². The Morgan fingerprint density at radius 2 is 1.54 bits per heavy atom. The molecular formula is C16H8Cl2F3N3. The van der Waals surface area contributed by atoms with Crippen LogP contribution in [-0.2, 0) is 0 Å². The second kappa shape index (κ2) is 6.37. The average Bonchev–Trinajstić information content (AvgIpc) is 2.49. The molecule has 0 saturated carbocycles. The predicted octanol–water partition coefficient (Wildman–Crippen LogP) is 5.24. The molecule has 122 valence electrons. The van der Waals surface area contributed by atoms with Gasteiger partial charge in [-0.2, -0.15) is 5.10 Å². The molecule has 2 aromatic heterocycles. The normalized spacial score (nSPS) is 10.9. The van der Waals surface area contributed by atoms with Crippen LogP contribution in [0.1, 0.15) is 5.69 Å². The lowest BCUT2D eigenvalue weighted by Gasteiger charge is -2.14. The van der Waals surface area contributed by atoms with Gasteiger partial charge in [0, 0.05) is 23.3 Å². The number of hydrogen-bond acceptors (Lipinski definition) is 3. The van der Waals surface area contributed by atoms with Gasteiger partial charge in [-0.15, -0.1) is 5.10 Å². The summed E-state index contributed by atoms with van der Waals surface area (Å²) in [6.45, 7) is 1.59. The first kappa shape index (κ1) is 16.7. The maximum Gasteiger partial charge on any atom is 0.160 e. The number of aryl methyl sites for hydroxylation is 1. The molecule has 0 N–H and O–H groups in total. The number of aromatic nitrogens is 3. The standard InChI is InChI=1S/C16H8Cl2F3N3/c1-7-13(11-3-2-4-12(17)22-11)15(16(18)24-23-7)14-9(20)5-8(19)6-10(14)21/h2-6H,1H3. The van der Waals surface area contributed by atoms with Crippen molar-refractivity contribution in [2.45, 2.75) is 6.92 Å². The summed E-state index contributed by atoms with van der Waals surface area (Å²) in [4.78, 5) is 4.13. The van der Waals surface area contributed by atoms with E-state index in [2.05, 4.69) is 15.2 Å². The topological polar surface area (TPSA) is 38.7 Å². The molecule has 0 bridgehead atoms. The van der Waals surface area contributed by atoms with Crippen molar-refractivity contribution in [3.05, 3.63) is 63.8 Å². The third kappa shape index (κ3) is 2.95. The van der Waals surface area contributed by atoms with Gasteiger partial charge in [-0.05, 0) is 19.1 Å². The lowest BCUT2D eigenvalue weighted by molar-refractivity contribution is 0.548. The first-order valence-electron chi connectivity index (χ1n) is 6.69. The molecule has 0 aliphatic carbocycles. The van der Waals surface area contributed by atoms with Crippen molar-refractivity contribution in [3.63, 3.8) is 0 Å². The molecule has 3 rings (SSSR count). The molecule has 2 heterocycles. The fourth-order valence-electron chi connectivity index (χ4n) is 2.37. The summed E-state index contributed by atoms with van der Waals surface area (Å²) >= 11 is 11.9. The molecule has 0 aliphatic rings. The monoisotopic (exact) mass is 369 g/mol. The Hall–Kier alpha value is -2.18. The molecule has 0 aliphatic heterocycles. The van der Waals surface area contributed by atoms with Gasteiger partial charge < -0.3 is 0 Å². The number of benzene rings is 1. The summed E-state index contributed by atoms with van der Waals surface area (Å²) in [5.41, 5.74) is 0.356. The van der Waals surface area contributed by atoms with E-state index in [1.165, 1.54) is 0 Å². The summed E-state index contributed by atoms with van der Waals surface area (Å²) in [5, 5.41) is 7.51. The van der Waals surface area contributed by atoms with Gasteiger partial charge in [-0.25, -0.2) is 18.2 Å². The van der Waals surface area contributed by atoms with E-state index in [0.29, 0.717) is 23.5 Å². The summed E-state index contributed by atoms with van der Waals surface area (Å²) in [6.07, 6.45) is 0. The molecule has 8 heteroatoms. The van der Waals surface area contributed by atoms with E-state index in [4.69, 9.17) is 23.2 Å². The smallest absolute Gasteiger partial charge is 0.160 e. The van der Waals surface area contributed by atoms with E-state index >= 15 is 0 Å². The molecule has 0 unspecified atom stereocenters.